The summed E-state index contributed by atoms with van der Waals surface area (Å²) in [5.41, 5.74) is 6.15. The van der Waals surface area contributed by atoms with Crippen molar-refractivity contribution in [1.82, 2.24) is 9.55 Å². The van der Waals surface area contributed by atoms with Gasteiger partial charge in [0, 0.05) is 13.2 Å². The van der Waals surface area contributed by atoms with E-state index in [-0.39, 0.29) is 11.8 Å². The Morgan fingerprint density at radius 3 is 3.00 bits per heavy atom. The second-order valence-corrected chi connectivity index (χ2v) is 4.81. The molecule has 106 valence electrons. The van der Waals surface area contributed by atoms with Crippen LogP contribution in [0.15, 0.2) is 0 Å². The molecule has 1 saturated heterocycles. The van der Waals surface area contributed by atoms with E-state index in [1.807, 2.05) is 11.5 Å². The van der Waals surface area contributed by atoms with Crippen LogP contribution in [0.3, 0.4) is 0 Å². The first kappa shape index (κ1) is 13.9. The molecule has 6 nitrogen and oxygen atoms in total. The van der Waals surface area contributed by atoms with E-state index in [0.29, 0.717) is 12.4 Å². The van der Waals surface area contributed by atoms with E-state index in [1.165, 1.54) is 13.5 Å². The fourth-order valence-electron chi connectivity index (χ4n) is 2.42. The van der Waals surface area contributed by atoms with Crippen LogP contribution < -0.4 is 5.73 Å². The molecule has 0 spiro atoms. The van der Waals surface area contributed by atoms with Crippen LogP contribution in [0.2, 0.25) is 0 Å². The third-order valence-electron chi connectivity index (χ3n) is 3.53. The molecule has 1 aromatic heterocycles. The maximum atomic E-state index is 11.5. The minimum atomic E-state index is -0.492. The fourth-order valence-corrected chi connectivity index (χ4v) is 2.42. The molecule has 19 heavy (non-hydrogen) atoms. The monoisotopic (exact) mass is 267 g/mol. The van der Waals surface area contributed by atoms with Gasteiger partial charge in [-0.25, -0.2) is 9.78 Å². The minimum Gasteiger partial charge on any atom is -0.464 e. The van der Waals surface area contributed by atoms with Gasteiger partial charge in [-0.05, 0) is 32.6 Å². The molecule has 0 aromatic carbocycles. The molecule has 1 aromatic rings. The van der Waals surface area contributed by atoms with Gasteiger partial charge in [0.15, 0.2) is 5.69 Å². The summed E-state index contributed by atoms with van der Waals surface area (Å²) in [6, 6.07) is 0. The first-order valence-corrected chi connectivity index (χ1v) is 6.66. The van der Waals surface area contributed by atoms with Gasteiger partial charge in [-0.2, -0.15) is 0 Å². The molecule has 0 radical (unpaired) electrons. The highest BCUT2D eigenvalue weighted by Crippen LogP contribution is 2.20. The van der Waals surface area contributed by atoms with Gasteiger partial charge in [-0.15, -0.1) is 0 Å². The minimum absolute atomic E-state index is 0.199. The number of ether oxygens (including phenoxy) is 2. The number of anilines is 1. The number of nitrogens with zero attached hydrogens (tertiary/aromatic N) is 2. The molecule has 1 atom stereocenters. The van der Waals surface area contributed by atoms with E-state index in [2.05, 4.69) is 9.72 Å². The zero-order valence-electron chi connectivity index (χ0n) is 11.5. The summed E-state index contributed by atoms with van der Waals surface area (Å²) in [6.07, 6.45) is 4.64. The number of hydrogen-bond acceptors (Lipinski definition) is 5. The molecule has 0 saturated carbocycles. The predicted octanol–water partition coefficient (Wildman–Crippen LogP) is 1.52. The zero-order chi connectivity index (χ0) is 13.8. The summed E-state index contributed by atoms with van der Waals surface area (Å²) < 4.78 is 12.2. The van der Waals surface area contributed by atoms with Crippen molar-refractivity contribution in [2.45, 2.75) is 45.3 Å². The van der Waals surface area contributed by atoms with Gasteiger partial charge < -0.3 is 19.8 Å². The average Bonchev–Trinajstić information content (AvgIpc) is 2.72. The molecule has 2 N–H and O–H groups in total. The van der Waals surface area contributed by atoms with E-state index in [9.17, 15) is 4.79 Å². The first-order chi connectivity index (χ1) is 9.13. The van der Waals surface area contributed by atoms with Crippen LogP contribution >= 0.6 is 0 Å². The van der Waals surface area contributed by atoms with Crippen LogP contribution in [0.5, 0.6) is 0 Å². The molecule has 0 bridgehead atoms. The summed E-state index contributed by atoms with van der Waals surface area (Å²) in [4.78, 5) is 15.7. The largest absolute Gasteiger partial charge is 0.464 e. The Labute approximate surface area is 112 Å². The van der Waals surface area contributed by atoms with Crippen LogP contribution in [0, 0.1) is 6.92 Å². The van der Waals surface area contributed by atoms with Crippen LogP contribution in [0.4, 0.5) is 5.82 Å². The number of carbonyl (C=O) groups excluding carboxylic acids is 1. The van der Waals surface area contributed by atoms with Crippen LogP contribution in [0.25, 0.3) is 0 Å². The van der Waals surface area contributed by atoms with Gasteiger partial charge in [-0.3, -0.25) is 0 Å². The van der Waals surface area contributed by atoms with Gasteiger partial charge in [0.1, 0.15) is 11.6 Å². The number of aromatic nitrogens is 2. The maximum Gasteiger partial charge on any atom is 0.360 e. The number of aryl methyl sites for hydroxylation is 1. The Hall–Kier alpha value is -1.56. The first-order valence-electron chi connectivity index (χ1n) is 6.66. The fraction of sp³-hybridized carbons (Fsp3) is 0.692. The van der Waals surface area contributed by atoms with Crippen molar-refractivity contribution in [3.63, 3.8) is 0 Å². The smallest absolute Gasteiger partial charge is 0.360 e. The quantitative estimate of drug-likeness (QED) is 0.837. The molecule has 2 heterocycles. The van der Waals surface area contributed by atoms with Crippen molar-refractivity contribution >= 4 is 11.8 Å². The highest BCUT2D eigenvalue weighted by Gasteiger charge is 2.20. The molecule has 1 aliphatic rings. The zero-order valence-corrected chi connectivity index (χ0v) is 11.5. The Morgan fingerprint density at radius 2 is 2.37 bits per heavy atom. The van der Waals surface area contributed by atoms with Gasteiger partial charge in [-0.1, -0.05) is 0 Å². The van der Waals surface area contributed by atoms with Gasteiger partial charge in [0.25, 0.3) is 0 Å². The number of nitrogens with two attached hydrogens (primary N) is 1. The second kappa shape index (κ2) is 6.06. The number of rotatable bonds is 4. The van der Waals surface area contributed by atoms with Crippen LogP contribution in [0.1, 0.15) is 42.0 Å². The molecule has 2 rings (SSSR count). The molecular formula is C13H21N3O3. The third kappa shape index (κ3) is 3.07. The topological polar surface area (TPSA) is 79.4 Å². The molecule has 1 unspecified atom stereocenters. The summed E-state index contributed by atoms with van der Waals surface area (Å²) >= 11 is 0. The van der Waals surface area contributed by atoms with E-state index in [0.717, 1.165) is 31.7 Å². The lowest BCUT2D eigenvalue weighted by Gasteiger charge is -2.23. The SMILES string of the molecule is COC(=O)c1nc(C)n(CCC2CCCCO2)c1N. The number of methoxy groups -OCH3 is 1. The third-order valence-corrected chi connectivity index (χ3v) is 3.53. The maximum absolute atomic E-state index is 11.5. The van der Waals surface area contributed by atoms with E-state index < -0.39 is 5.97 Å². The summed E-state index contributed by atoms with van der Waals surface area (Å²) in [5.74, 6) is 0.613. The van der Waals surface area contributed by atoms with Crippen molar-refractivity contribution in [3.05, 3.63) is 11.5 Å². The summed E-state index contributed by atoms with van der Waals surface area (Å²) in [7, 11) is 1.33. The van der Waals surface area contributed by atoms with Crippen LogP contribution in [-0.2, 0) is 16.0 Å². The number of carbonyl (C=O) groups is 1. The molecule has 1 fully saturated rings. The van der Waals surface area contributed by atoms with Crippen molar-refractivity contribution in [1.29, 1.82) is 0 Å². The Morgan fingerprint density at radius 1 is 1.58 bits per heavy atom. The summed E-state index contributed by atoms with van der Waals surface area (Å²) in [6.45, 7) is 3.40. The van der Waals surface area contributed by atoms with Gasteiger partial charge in [0.2, 0.25) is 0 Å². The molecule has 1 aliphatic heterocycles. The summed E-state index contributed by atoms with van der Waals surface area (Å²) in [5, 5.41) is 0. The molecular weight excluding hydrogens is 246 g/mol. The van der Waals surface area contributed by atoms with Crippen molar-refractivity contribution in [2.24, 2.45) is 0 Å². The second-order valence-electron chi connectivity index (χ2n) is 4.81. The molecule has 6 heteroatoms. The number of nitrogen functional groups attached to an aromatic ring is 1. The lowest BCUT2D eigenvalue weighted by molar-refractivity contribution is 0.00882. The van der Waals surface area contributed by atoms with E-state index >= 15 is 0 Å². The predicted molar refractivity (Wildman–Crippen MR) is 70.9 cm³/mol. The normalized spacial score (nSPS) is 19.4. The standard InChI is InChI=1S/C13H21N3O3/c1-9-15-11(13(17)18-2)12(14)16(9)7-6-10-5-3-4-8-19-10/h10H,3-8,14H2,1-2H3. The highest BCUT2D eigenvalue weighted by molar-refractivity contribution is 5.92. The van der Waals surface area contributed by atoms with Crippen molar-refractivity contribution in [3.8, 4) is 0 Å². The van der Waals surface area contributed by atoms with E-state index in [1.54, 1.807) is 0 Å². The number of esters is 1. The Balaban J connectivity index is 2.03. The lowest BCUT2D eigenvalue weighted by atomic mass is 10.1. The van der Waals surface area contributed by atoms with Crippen molar-refractivity contribution < 1.29 is 14.3 Å². The van der Waals surface area contributed by atoms with Gasteiger partial charge >= 0.3 is 5.97 Å². The number of imidazole rings is 1. The Kier molecular flexibility index (Phi) is 4.42. The number of hydrogen-bond donors (Lipinski definition) is 1. The van der Waals surface area contributed by atoms with Crippen molar-refractivity contribution in [2.75, 3.05) is 19.5 Å². The van der Waals surface area contributed by atoms with Crippen LogP contribution in [-0.4, -0.2) is 35.3 Å². The molecule has 0 amide bonds. The van der Waals surface area contributed by atoms with E-state index in [4.69, 9.17) is 10.5 Å². The van der Waals surface area contributed by atoms with Gasteiger partial charge in [0.05, 0.1) is 13.2 Å². The molecule has 0 aliphatic carbocycles. The average molecular weight is 267 g/mol. The lowest BCUT2D eigenvalue weighted by Crippen LogP contribution is -2.21. The highest BCUT2D eigenvalue weighted by atomic mass is 16.5. The Bertz CT molecular complexity index is 450.